The van der Waals surface area contributed by atoms with E-state index < -0.39 is 16.1 Å². The fraction of sp³-hybridized carbons (Fsp3) is 0.444. The van der Waals surface area contributed by atoms with Crippen LogP contribution in [0.15, 0.2) is 33.9 Å². The molecule has 2 amide bonds. The third-order valence-electron chi connectivity index (χ3n) is 4.66. The van der Waals surface area contributed by atoms with Crippen LogP contribution in [0.5, 0.6) is 0 Å². The quantitative estimate of drug-likeness (QED) is 0.695. The summed E-state index contributed by atoms with van der Waals surface area (Å²) in [6.07, 6.45) is 0. The van der Waals surface area contributed by atoms with E-state index in [2.05, 4.69) is 5.32 Å². The van der Waals surface area contributed by atoms with Crippen LogP contribution >= 0.6 is 34.3 Å². The summed E-state index contributed by atoms with van der Waals surface area (Å²) in [6, 6.07) is 5.88. The number of nitrogens with one attached hydrogen (secondary N) is 1. The Kier molecular flexibility index (Phi) is 7.00. The molecule has 0 bridgehead atoms. The maximum Gasteiger partial charge on any atom is 0.262 e. The van der Waals surface area contributed by atoms with Crippen LogP contribution in [0.1, 0.15) is 23.5 Å². The summed E-state index contributed by atoms with van der Waals surface area (Å²) in [6.45, 7) is 4.70. The lowest BCUT2D eigenvalue weighted by molar-refractivity contribution is -0.135. The average molecular weight is 476 g/mol. The Morgan fingerprint density at radius 1 is 1.14 bits per heavy atom. The second kappa shape index (κ2) is 9.13. The number of halogens is 1. The molecule has 0 saturated carbocycles. The largest absolute Gasteiger partial charge is 0.339 e. The second-order valence-electron chi connectivity index (χ2n) is 6.96. The van der Waals surface area contributed by atoms with Gasteiger partial charge in [-0.1, -0.05) is 31.5 Å². The summed E-state index contributed by atoms with van der Waals surface area (Å²) in [4.78, 5) is 27.6. The zero-order valence-corrected chi connectivity index (χ0v) is 19.2. The van der Waals surface area contributed by atoms with Crippen molar-refractivity contribution in [3.05, 3.63) is 38.9 Å². The van der Waals surface area contributed by atoms with Gasteiger partial charge in [0.15, 0.2) is 0 Å². The van der Waals surface area contributed by atoms with Gasteiger partial charge in [0.2, 0.25) is 5.91 Å². The highest BCUT2D eigenvalue weighted by Crippen LogP contribution is 2.28. The van der Waals surface area contributed by atoms with Gasteiger partial charge < -0.3 is 10.2 Å². The molecule has 3 heterocycles. The van der Waals surface area contributed by atoms with Crippen molar-refractivity contribution >= 4 is 56.1 Å². The first-order chi connectivity index (χ1) is 13.7. The minimum absolute atomic E-state index is 0.0959. The third kappa shape index (κ3) is 5.00. The van der Waals surface area contributed by atoms with Gasteiger partial charge in [0.1, 0.15) is 10.3 Å². The molecule has 2 aromatic heterocycles. The van der Waals surface area contributed by atoms with Gasteiger partial charge in [-0.15, -0.1) is 22.7 Å². The summed E-state index contributed by atoms with van der Waals surface area (Å²) in [5, 5.41) is 4.63. The fourth-order valence-corrected chi connectivity index (χ4v) is 6.73. The molecule has 0 unspecified atom stereocenters. The first-order valence-corrected chi connectivity index (χ1v) is 12.6. The van der Waals surface area contributed by atoms with E-state index in [1.165, 1.54) is 21.7 Å². The van der Waals surface area contributed by atoms with Crippen LogP contribution in [0.3, 0.4) is 0 Å². The lowest BCUT2D eigenvalue weighted by Gasteiger charge is -2.36. The summed E-state index contributed by atoms with van der Waals surface area (Å²) in [7, 11) is -3.61. The Balaban J connectivity index is 1.64. The molecule has 7 nitrogen and oxygen atoms in total. The Hall–Kier alpha value is -1.46. The standard InChI is InChI=1S/C18H22ClN3O4S3/c1-12(2)16(20-17(23)13-4-3-11-27-13)18(24)21-7-9-22(10-8-21)29(25,26)15-6-5-14(19)28-15/h3-6,11-12,16H,7-10H2,1-2H3,(H,20,23)/t16-/m0/s1. The number of nitrogens with zero attached hydrogens (tertiary/aromatic N) is 2. The number of sulfonamides is 1. The SMILES string of the molecule is CC(C)[C@H](NC(=O)c1cccs1)C(=O)N1CCN(S(=O)(=O)c2ccc(Cl)s2)CC1. The van der Waals surface area contributed by atoms with E-state index in [4.69, 9.17) is 11.6 Å². The molecule has 3 rings (SSSR count). The Morgan fingerprint density at radius 2 is 1.83 bits per heavy atom. The van der Waals surface area contributed by atoms with Gasteiger partial charge in [-0.2, -0.15) is 4.31 Å². The van der Waals surface area contributed by atoms with E-state index in [0.29, 0.717) is 9.21 Å². The van der Waals surface area contributed by atoms with Crippen molar-refractivity contribution in [2.24, 2.45) is 5.92 Å². The monoisotopic (exact) mass is 475 g/mol. The number of carbonyl (C=O) groups excluding carboxylic acids is 2. The van der Waals surface area contributed by atoms with Crippen LogP contribution in [0.25, 0.3) is 0 Å². The summed E-state index contributed by atoms with van der Waals surface area (Å²) < 4.78 is 27.4. The van der Waals surface area contributed by atoms with E-state index in [0.717, 1.165) is 11.3 Å². The second-order valence-corrected chi connectivity index (χ2v) is 11.8. The molecule has 0 aliphatic carbocycles. The van der Waals surface area contributed by atoms with Crippen LogP contribution in [-0.4, -0.2) is 61.7 Å². The number of rotatable bonds is 6. The molecule has 11 heteroatoms. The molecule has 0 aromatic carbocycles. The maximum absolute atomic E-state index is 13.0. The molecule has 1 saturated heterocycles. The van der Waals surface area contributed by atoms with Crippen molar-refractivity contribution < 1.29 is 18.0 Å². The predicted octanol–water partition coefficient (Wildman–Crippen LogP) is 2.75. The molecule has 0 radical (unpaired) electrons. The minimum Gasteiger partial charge on any atom is -0.339 e. The average Bonchev–Trinajstić information content (AvgIpc) is 3.37. The molecule has 29 heavy (non-hydrogen) atoms. The van der Waals surface area contributed by atoms with Gasteiger partial charge in [0.25, 0.3) is 15.9 Å². The van der Waals surface area contributed by atoms with E-state index in [-0.39, 0.29) is 48.1 Å². The number of amides is 2. The van der Waals surface area contributed by atoms with Gasteiger partial charge in [0.05, 0.1) is 9.21 Å². The van der Waals surface area contributed by atoms with Crippen molar-refractivity contribution in [3.8, 4) is 0 Å². The van der Waals surface area contributed by atoms with Crippen molar-refractivity contribution in [1.82, 2.24) is 14.5 Å². The van der Waals surface area contributed by atoms with Crippen LogP contribution in [0, 0.1) is 5.92 Å². The van der Waals surface area contributed by atoms with E-state index in [9.17, 15) is 18.0 Å². The van der Waals surface area contributed by atoms with E-state index in [1.807, 2.05) is 19.2 Å². The highest BCUT2D eigenvalue weighted by atomic mass is 35.5. The summed E-state index contributed by atoms with van der Waals surface area (Å²) in [5.41, 5.74) is 0. The van der Waals surface area contributed by atoms with Crippen LogP contribution in [0.4, 0.5) is 0 Å². The Bertz CT molecular complexity index is 964. The van der Waals surface area contributed by atoms with Gasteiger partial charge >= 0.3 is 0 Å². The molecule has 1 fully saturated rings. The topological polar surface area (TPSA) is 86.8 Å². The molecule has 1 N–H and O–H groups in total. The normalized spacial score (nSPS) is 16.8. The molecule has 2 aromatic rings. The summed E-state index contributed by atoms with van der Waals surface area (Å²) >= 11 is 8.20. The third-order valence-corrected chi connectivity index (χ3v) is 9.12. The Labute approximate surface area is 183 Å². The number of thiophene rings is 2. The van der Waals surface area contributed by atoms with Gasteiger partial charge in [-0.05, 0) is 29.5 Å². The van der Waals surface area contributed by atoms with Gasteiger partial charge in [-0.25, -0.2) is 8.42 Å². The number of hydrogen-bond acceptors (Lipinski definition) is 6. The molecular weight excluding hydrogens is 454 g/mol. The summed E-state index contributed by atoms with van der Waals surface area (Å²) in [5.74, 6) is -0.564. The zero-order valence-electron chi connectivity index (χ0n) is 16.0. The first-order valence-electron chi connectivity index (χ1n) is 9.09. The zero-order chi connectivity index (χ0) is 21.2. The Morgan fingerprint density at radius 3 is 2.34 bits per heavy atom. The molecular formula is C18H22ClN3O4S3. The lowest BCUT2D eigenvalue weighted by Crippen LogP contribution is -2.57. The molecule has 1 atom stereocenters. The molecule has 158 valence electrons. The van der Waals surface area contributed by atoms with Crippen LogP contribution in [-0.2, 0) is 14.8 Å². The fourth-order valence-electron chi connectivity index (χ4n) is 3.04. The molecule has 1 aliphatic heterocycles. The number of piperazine rings is 1. The lowest BCUT2D eigenvalue weighted by atomic mass is 10.0. The molecule has 1 aliphatic rings. The highest BCUT2D eigenvalue weighted by molar-refractivity contribution is 7.91. The van der Waals surface area contributed by atoms with Crippen molar-refractivity contribution in [1.29, 1.82) is 0 Å². The predicted molar refractivity (Wildman–Crippen MR) is 115 cm³/mol. The van der Waals surface area contributed by atoms with Gasteiger partial charge in [-0.3, -0.25) is 9.59 Å². The maximum atomic E-state index is 13.0. The van der Waals surface area contributed by atoms with E-state index >= 15 is 0 Å². The molecule has 0 spiro atoms. The number of carbonyl (C=O) groups is 2. The smallest absolute Gasteiger partial charge is 0.262 e. The van der Waals surface area contributed by atoms with Crippen molar-refractivity contribution in [2.45, 2.75) is 24.1 Å². The first kappa shape index (κ1) is 22.2. The van der Waals surface area contributed by atoms with Gasteiger partial charge in [0, 0.05) is 26.2 Å². The van der Waals surface area contributed by atoms with Crippen molar-refractivity contribution in [2.75, 3.05) is 26.2 Å². The number of hydrogen-bond donors (Lipinski definition) is 1. The minimum atomic E-state index is -3.61. The van der Waals surface area contributed by atoms with E-state index in [1.54, 1.807) is 23.1 Å². The van der Waals surface area contributed by atoms with Crippen LogP contribution < -0.4 is 5.32 Å². The highest BCUT2D eigenvalue weighted by Gasteiger charge is 2.34. The van der Waals surface area contributed by atoms with Crippen LogP contribution in [0.2, 0.25) is 4.34 Å². The van der Waals surface area contributed by atoms with Crippen molar-refractivity contribution in [3.63, 3.8) is 0 Å².